The van der Waals surface area contributed by atoms with Gasteiger partial charge >= 0.3 is 0 Å². The predicted molar refractivity (Wildman–Crippen MR) is 78.6 cm³/mol. The number of aryl methyl sites for hydroxylation is 1. The monoisotopic (exact) mass is 272 g/mol. The molecular formula is C15H16N2OS. The van der Waals surface area contributed by atoms with Crippen LogP contribution >= 0.6 is 11.3 Å². The second-order valence-corrected chi connectivity index (χ2v) is 5.61. The number of rotatable bonds is 5. The van der Waals surface area contributed by atoms with Gasteiger partial charge in [-0.15, -0.1) is 11.3 Å². The average Bonchev–Trinajstić information content (AvgIpc) is 2.83. The maximum atomic E-state index is 8.50. The minimum atomic E-state index is 0.0725. The maximum Gasteiger partial charge on any atom is 0.174 e. The van der Waals surface area contributed by atoms with Crippen molar-refractivity contribution in [2.45, 2.75) is 19.9 Å². The Balaban J connectivity index is 2.04. The van der Waals surface area contributed by atoms with E-state index < -0.39 is 0 Å². The Labute approximate surface area is 117 Å². The van der Waals surface area contributed by atoms with Crippen LogP contribution in [0, 0.1) is 18.3 Å². The van der Waals surface area contributed by atoms with E-state index in [0.717, 1.165) is 5.69 Å². The molecule has 0 radical (unpaired) electrons. The molecule has 98 valence electrons. The number of nitriles is 1. The van der Waals surface area contributed by atoms with E-state index >= 15 is 0 Å². The Morgan fingerprint density at radius 1 is 1.37 bits per heavy atom. The van der Waals surface area contributed by atoms with Gasteiger partial charge in [0, 0.05) is 21.5 Å². The largest absolute Gasteiger partial charge is 0.479 e. The van der Waals surface area contributed by atoms with E-state index in [1.807, 2.05) is 30.3 Å². The van der Waals surface area contributed by atoms with Gasteiger partial charge in [-0.2, -0.15) is 5.26 Å². The van der Waals surface area contributed by atoms with Crippen LogP contribution in [0.25, 0.3) is 0 Å². The molecule has 1 aromatic carbocycles. The SMILES string of the molecule is Cc1ccc(C(C)Nc2cccc(OCC#N)c2)s1. The highest BCUT2D eigenvalue weighted by atomic mass is 32.1. The van der Waals surface area contributed by atoms with Crippen LogP contribution in [-0.4, -0.2) is 6.61 Å². The molecule has 0 fully saturated rings. The van der Waals surface area contributed by atoms with Crippen LogP contribution in [0.5, 0.6) is 5.75 Å². The molecule has 0 bridgehead atoms. The second-order valence-electron chi connectivity index (χ2n) is 4.29. The molecular weight excluding hydrogens is 256 g/mol. The van der Waals surface area contributed by atoms with Crippen LogP contribution in [-0.2, 0) is 0 Å². The van der Waals surface area contributed by atoms with Crippen molar-refractivity contribution in [3.8, 4) is 11.8 Å². The van der Waals surface area contributed by atoms with E-state index in [4.69, 9.17) is 10.00 Å². The molecule has 0 aliphatic rings. The second kappa shape index (κ2) is 6.26. The molecule has 1 aromatic heterocycles. The molecule has 0 spiro atoms. The van der Waals surface area contributed by atoms with Gasteiger partial charge in [-0.05, 0) is 38.1 Å². The zero-order valence-corrected chi connectivity index (χ0v) is 11.8. The first kappa shape index (κ1) is 13.4. The number of nitrogens with one attached hydrogen (secondary N) is 1. The summed E-state index contributed by atoms with van der Waals surface area (Å²) in [6, 6.07) is 14.2. The molecule has 1 unspecified atom stereocenters. The molecule has 4 heteroatoms. The summed E-state index contributed by atoms with van der Waals surface area (Å²) in [7, 11) is 0. The smallest absolute Gasteiger partial charge is 0.174 e. The Hall–Kier alpha value is -1.99. The van der Waals surface area contributed by atoms with Gasteiger partial charge in [-0.3, -0.25) is 0 Å². The summed E-state index contributed by atoms with van der Waals surface area (Å²) >= 11 is 1.80. The first-order chi connectivity index (χ1) is 9.19. The highest BCUT2D eigenvalue weighted by molar-refractivity contribution is 7.12. The van der Waals surface area contributed by atoms with Gasteiger partial charge in [0.2, 0.25) is 0 Å². The number of nitrogens with zero attached hydrogens (tertiary/aromatic N) is 1. The summed E-state index contributed by atoms with van der Waals surface area (Å²) < 4.78 is 5.29. The number of hydrogen-bond acceptors (Lipinski definition) is 4. The quantitative estimate of drug-likeness (QED) is 0.890. The third kappa shape index (κ3) is 3.73. The fourth-order valence-corrected chi connectivity index (χ4v) is 2.68. The first-order valence-corrected chi connectivity index (χ1v) is 6.93. The lowest BCUT2D eigenvalue weighted by Gasteiger charge is -2.14. The molecule has 0 saturated carbocycles. The van der Waals surface area contributed by atoms with Crippen LogP contribution in [0.2, 0.25) is 0 Å². The highest BCUT2D eigenvalue weighted by Gasteiger charge is 2.07. The van der Waals surface area contributed by atoms with Crippen molar-refractivity contribution in [2.75, 3.05) is 11.9 Å². The lowest BCUT2D eigenvalue weighted by molar-refractivity contribution is 0.368. The van der Waals surface area contributed by atoms with Crippen molar-refractivity contribution in [1.29, 1.82) is 5.26 Å². The summed E-state index contributed by atoms with van der Waals surface area (Å²) in [5, 5.41) is 11.9. The molecule has 2 rings (SSSR count). The Bertz CT molecular complexity index is 586. The number of benzene rings is 1. The fourth-order valence-electron chi connectivity index (χ4n) is 1.80. The van der Waals surface area contributed by atoms with E-state index in [0.29, 0.717) is 5.75 Å². The number of thiophene rings is 1. The molecule has 0 amide bonds. The summed E-state index contributed by atoms with van der Waals surface area (Å²) in [5.74, 6) is 0.709. The molecule has 1 atom stereocenters. The first-order valence-electron chi connectivity index (χ1n) is 6.11. The number of hydrogen-bond donors (Lipinski definition) is 1. The van der Waals surface area contributed by atoms with Crippen LogP contribution in [0.3, 0.4) is 0 Å². The minimum absolute atomic E-state index is 0.0725. The van der Waals surface area contributed by atoms with Crippen molar-refractivity contribution >= 4 is 17.0 Å². The zero-order valence-electron chi connectivity index (χ0n) is 11.0. The third-order valence-corrected chi connectivity index (χ3v) is 3.89. The lowest BCUT2D eigenvalue weighted by atomic mass is 10.2. The van der Waals surface area contributed by atoms with Crippen molar-refractivity contribution in [3.05, 3.63) is 46.2 Å². The normalized spacial score (nSPS) is 11.6. The zero-order chi connectivity index (χ0) is 13.7. The van der Waals surface area contributed by atoms with Gasteiger partial charge in [0.05, 0.1) is 6.04 Å². The van der Waals surface area contributed by atoms with Gasteiger partial charge in [-0.25, -0.2) is 0 Å². The van der Waals surface area contributed by atoms with Gasteiger partial charge in [0.1, 0.15) is 11.8 Å². The van der Waals surface area contributed by atoms with Crippen molar-refractivity contribution in [2.24, 2.45) is 0 Å². The van der Waals surface area contributed by atoms with Gasteiger partial charge in [-0.1, -0.05) is 6.07 Å². The minimum Gasteiger partial charge on any atom is -0.479 e. The van der Waals surface area contributed by atoms with Crippen molar-refractivity contribution < 1.29 is 4.74 Å². The lowest BCUT2D eigenvalue weighted by Crippen LogP contribution is -2.05. The molecule has 0 saturated heterocycles. The number of ether oxygens (including phenoxy) is 1. The Kier molecular flexibility index (Phi) is 4.43. The molecule has 1 heterocycles. The molecule has 19 heavy (non-hydrogen) atoms. The van der Waals surface area contributed by atoms with E-state index in [-0.39, 0.29) is 12.6 Å². The summed E-state index contributed by atoms with van der Waals surface area (Å²) in [6.07, 6.45) is 0. The van der Waals surface area contributed by atoms with Gasteiger partial charge < -0.3 is 10.1 Å². The van der Waals surface area contributed by atoms with Gasteiger partial charge in [0.15, 0.2) is 6.61 Å². The fraction of sp³-hybridized carbons (Fsp3) is 0.267. The van der Waals surface area contributed by atoms with E-state index in [1.54, 1.807) is 11.3 Å². The highest BCUT2D eigenvalue weighted by Crippen LogP contribution is 2.27. The van der Waals surface area contributed by atoms with Crippen LogP contribution in [0.15, 0.2) is 36.4 Å². The Morgan fingerprint density at radius 3 is 2.89 bits per heavy atom. The van der Waals surface area contributed by atoms with E-state index in [2.05, 4.69) is 31.3 Å². The summed E-state index contributed by atoms with van der Waals surface area (Å²) in [5.41, 5.74) is 0.994. The van der Waals surface area contributed by atoms with E-state index in [9.17, 15) is 0 Å². The molecule has 1 N–H and O–H groups in total. The summed E-state index contributed by atoms with van der Waals surface area (Å²) in [6.45, 7) is 4.31. The van der Waals surface area contributed by atoms with Crippen LogP contribution in [0.4, 0.5) is 5.69 Å². The van der Waals surface area contributed by atoms with Crippen LogP contribution < -0.4 is 10.1 Å². The maximum absolute atomic E-state index is 8.50. The molecule has 2 aromatic rings. The average molecular weight is 272 g/mol. The molecule has 0 aliphatic carbocycles. The Morgan fingerprint density at radius 2 is 2.21 bits per heavy atom. The van der Waals surface area contributed by atoms with Gasteiger partial charge in [0.25, 0.3) is 0 Å². The standard InChI is InChI=1S/C15H16N2OS/c1-11-6-7-15(19-11)12(2)17-13-4-3-5-14(10-13)18-9-8-16/h3-7,10,12,17H,9H2,1-2H3. The third-order valence-electron chi connectivity index (χ3n) is 2.71. The summed E-state index contributed by atoms with van der Waals surface area (Å²) in [4.78, 5) is 2.62. The molecule has 3 nitrogen and oxygen atoms in total. The predicted octanol–water partition coefficient (Wildman–Crippen LogP) is 4.13. The van der Waals surface area contributed by atoms with E-state index in [1.165, 1.54) is 9.75 Å². The van der Waals surface area contributed by atoms with Crippen molar-refractivity contribution in [1.82, 2.24) is 0 Å². The number of anilines is 1. The molecule has 0 aliphatic heterocycles. The van der Waals surface area contributed by atoms with Crippen molar-refractivity contribution in [3.63, 3.8) is 0 Å². The van der Waals surface area contributed by atoms with Crippen LogP contribution in [0.1, 0.15) is 22.7 Å². The topological polar surface area (TPSA) is 45.0 Å².